The van der Waals surface area contributed by atoms with Crippen LogP contribution in [0, 0.1) is 10.1 Å². The third-order valence-electron chi connectivity index (χ3n) is 3.67. The van der Waals surface area contributed by atoms with E-state index < -0.39 is 12.3 Å². The van der Waals surface area contributed by atoms with Crippen LogP contribution in [0.15, 0.2) is 48.7 Å². The molecule has 1 heterocycles. The molecule has 11 heteroatoms. The van der Waals surface area contributed by atoms with E-state index in [-0.39, 0.29) is 28.3 Å². The van der Waals surface area contributed by atoms with E-state index in [0.717, 1.165) is 0 Å². The third-order valence-corrected chi connectivity index (χ3v) is 4.79. The molecule has 0 fully saturated rings. The first-order valence-electron chi connectivity index (χ1n) is 8.05. The van der Waals surface area contributed by atoms with Crippen molar-refractivity contribution in [2.24, 2.45) is 0 Å². The topological polar surface area (TPSA) is 116 Å². The Hall–Kier alpha value is -3.42. The first-order chi connectivity index (χ1) is 13.9. The molecular weight excluding hydrogens is 419 g/mol. The van der Waals surface area contributed by atoms with Gasteiger partial charge in [-0.25, -0.2) is 4.98 Å². The van der Waals surface area contributed by atoms with Gasteiger partial charge < -0.3 is 14.8 Å². The number of non-ortho nitro benzene ring substituents is 1. The lowest BCUT2D eigenvalue weighted by Gasteiger charge is -2.12. The van der Waals surface area contributed by atoms with Crippen molar-refractivity contribution in [3.63, 3.8) is 0 Å². The average Bonchev–Trinajstić information content (AvgIpc) is 2.70. The zero-order valence-electron chi connectivity index (χ0n) is 15.0. The van der Waals surface area contributed by atoms with Gasteiger partial charge in [-0.15, -0.1) is 0 Å². The first kappa shape index (κ1) is 20.3. The van der Waals surface area contributed by atoms with Crippen molar-refractivity contribution in [2.75, 3.05) is 12.4 Å². The van der Waals surface area contributed by atoms with Crippen LogP contribution in [0.4, 0.5) is 17.3 Å². The van der Waals surface area contributed by atoms with Gasteiger partial charge in [0.1, 0.15) is 23.9 Å². The number of hydrogen-bond acceptors (Lipinski definition) is 8. The number of ether oxygens (including phenoxy) is 2. The number of halogens is 1. The minimum Gasteiger partial charge on any atom is -0.495 e. The van der Waals surface area contributed by atoms with Crippen LogP contribution in [0.3, 0.4) is 0 Å². The van der Waals surface area contributed by atoms with E-state index in [1.165, 1.54) is 31.5 Å². The van der Waals surface area contributed by atoms with Crippen molar-refractivity contribution in [1.29, 1.82) is 0 Å². The summed E-state index contributed by atoms with van der Waals surface area (Å²) >= 11 is 6.09. The maximum Gasteiger partial charge on any atom is 0.273 e. The number of nitro groups is 1. The maximum atomic E-state index is 11.6. The lowest BCUT2D eigenvalue weighted by molar-refractivity contribution is -0.384. The van der Waals surface area contributed by atoms with Crippen molar-refractivity contribution < 1.29 is 19.0 Å². The number of nitrogens with one attached hydrogen (secondary N) is 1. The lowest BCUT2D eigenvalue weighted by atomic mass is 10.3. The van der Waals surface area contributed by atoms with Crippen molar-refractivity contribution in [3.8, 4) is 17.4 Å². The maximum absolute atomic E-state index is 11.6. The molecule has 0 aliphatic carbocycles. The molecule has 1 atom stereocenters. The number of nitro benzene ring substituents is 1. The Morgan fingerprint density at radius 1 is 1.28 bits per heavy atom. The summed E-state index contributed by atoms with van der Waals surface area (Å²) in [6, 6.07) is 10.5. The van der Waals surface area contributed by atoms with Crippen LogP contribution in [0.1, 0.15) is 0 Å². The molecule has 2 aromatic carbocycles. The number of rotatable bonds is 7. The fourth-order valence-electron chi connectivity index (χ4n) is 2.31. The monoisotopic (exact) mass is 432 g/mol. The van der Waals surface area contributed by atoms with E-state index >= 15 is 0 Å². The molecule has 0 spiro atoms. The van der Waals surface area contributed by atoms with Gasteiger partial charge in [-0.2, -0.15) is 4.98 Å². The average molecular weight is 433 g/mol. The van der Waals surface area contributed by atoms with Gasteiger partial charge in [-0.3, -0.25) is 14.7 Å². The molecule has 3 rings (SSSR count). The summed E-state index contributed by atoms with van der Waals surface area (Å²) in [6.45, 7) is 0. The van der Waals surface area contributed by atoms with E-state index in [1.807, 2.05) is 0 Å². The van der Waals surface area contributed by atoms with Gasteiger partial charge in [0, 0.05) is 11.4 Å². The standard InChI is InChI=1S/C18H14ClN4O5P/c1-27-16-9-13(29(2)26)6-7-15(16)21-18-20-10-14(19)17(22-18)28-12-5-3-4-11(8-12)23(24)25/h3-10H,2H2,1H3,(H,20,21,22). The van der Waals surface area contributed by atoms with Crippen LogP contribution < -0.4 is 20.1 Å². The first-order valence-corrected chi connectivity index (χ1v) is 9.87. The molecule has 3 aromatic rings. The van der Waals surface area contributed by atoms with Gasteiger partial charge >= 0.3 is 0 Å². The van der Waals surface area contributed by atoms with Crippen molar-refractivity contribution in [3.05, 3.63) is 63.8 Å². The van der Waals surface area contributed by atoms with Crippen molar-refractivity contribution in [2.45, 2.75) is 0 Å². The molecule has 0 aliphatic rings. The second kappa shape index (κ2) is 8.72. The summed E-state index contributed by atoms with van der Waals surface area (Å²) in [5.41, 5.74) is 0.399. The Morgan fingerprint density at radius 3 is 2.76 bits per heavy atom. The highest BCUT2D eigenvalue weighted by atomic mass is 35.5. The molecule has 0 saturated carbocycles. The van der Waals surface area contributed by atoms with Gasteiger partial charge in [-0.1, -0.05) is 17.7 Å². The summed E-state index contributed by atoms with van der Waals surface area (Å²) in [5.74, 6) is 0.794. The Morgan fingerprint density at radius 2 is 2.07 bits per heavy atom. The van der Waals surface area contributed by atoms with Crippen molar-refractivity contribution in [1.82, 2.24) is 9.97 Å². The number of hydrogen-bond donors (Lipinski definition) is 1. The number of benzene rings is 2. The lowest BCUT2D eigenvalue weighted by Crippen LogP contribution is -2.03. The third kappa shape index (κ3) is 4.90. The fraction of sp³-hybridized carbons (Fsp3) is 0.0556. The predicted molar refractivity (Wildman–Crippen MR) is 111 cm³/mol. The molecule has 0 aliphatic heterocycles. The largest absolute Gasteiger partial charge is 0.495 e. The number of anilines is 2. The molecule has 0 radical (unpaired) electrons. The zero-order chi connectivity index (χ0) is 21.0. The zero-order valence-corrected chi connectivity index (χ0v) is 16.7. The van der Waals surface area contributed by atoms with E-state index in [9.17, 15) is 14.7 Å². The highest BCUT2D eigenvalue weighted by Crippen LogP contribution is 2.31. The Balaban J connectivity index is 1.88. The van der Waals surface area contributed by atoms with Crippen LogP contribution >= 0.6 is 19.0 Å². The molecule has 1 aromatic heterocycles. The SMILES string of the molecule is C=P(=O)c1ccc(Nc2ncc(Cl)c(Oc3cccc([N+](=O)[O-])c3)n2)c(OC)c1. The second-order valence-corrected chi connectivity index (χ2v) is 7.27. The molecule has 0 amide bonds. The molecule has 0 saturated heterocycles. The number of aromatic nitrogens is 2. The molecule has 148 valence electrons. The van der Waals surface area contributed by atoms with Crippen LogP contribution in [0.25, 0.3) is 0 Å². The normalized spacial score (nSPS) is 10.9. The Kier molecular flexibility index (Phi) is 6.11. The fourth-order valence-corrected chi connectivity index (χ4v) is 2.95. The molecule has 1 unspecified atom stereocenters. The van der Waals surface area contributed by atoms with E-state index in [1.54, 1.807) is 24.3 Å². The minimum atomic E-state index is -1.76. The quantitative estimate of drug-likeness (QED) is 0.330. The summed E-state index contributed by atoms with van der Waals surface area (Å²) in [6.07, 6.45) is 4.84. The molecular formula is C18H14ClN4O5P. The van der Waals surface area contributed by atoms with Crippen LogP contribution in [0.5, 0.6) is 17.4 Å². The summed E-state index contributed by atoms with van der Waals surface area (Å²) < 4.78 is 22.4. The van der Waals surface area contributed by atoms with Gasteiger partial charge in [0.2, 0.25) is 11.8 Å². The smallest absolute Gasteiger partial charge is 0.273 e. The minimum absolute atomic E-state index is 0.0149. The van der Waals surface area contributed by atoms with Crippen LogP contribution in [-0.4, -0.2) is 28.3 Å². The molecule has 9 nitrogen and oxygen atoms in total. The highest BCUT2D eigenvalue weighted by Gasteiger charge is 2.13. The Bertz CT molecular complexity index is 1140. The summed E-state index contributed by atoms with van der Waals surface area (Å²) in [5, 5.41) is 14.5. The van der Waals surface area contributed by atoms with Gasteiger partial charge in [-0.05, 0) is 30.6 Å². The molecule has 1 N–H and O–H groups in total. The van der Waals surface area contributed by atoms with Crippen LogP contribution in [0.2, 0.25) is 5.02 Å². The van der Waals surface area contributed by atoms with Gasteiger partial charge in [0.25, 0.3) is 5.69 Å². The van der Waals surface area contributed by atoms with Crippen LogP contribution in [-0.2, 0) is 4.57 Å². The molecule has 29 heavy (non-hydrogen) atoms. The second-order valence-electron chi connectivity index (χ2n) is 5.59. The summed E-state index contributed by atoms with van der Waals surface area (Å²) in [7, 11) is -0.287. The van der Waals surface area contributed by atoms with Crippen molar-refractivity contribution >= 4 is 48.0 Å². The van der Waals surface area contributed by atoms with E-state index in [4.69, 9.17) is 21.1 Å². The molecule has 0 bridgehead atoms. The van der Waals surface area contributed by atoms with Gasteiger partial charge in [0.05, 0.1) is 30.0 Å². The van der Waals surface area contributed by atoms with E-state index in [0.29, 0.717) is 16.7 Å². The van der Waals surface area contributed by atoms with Gasteiger partial charge in [0.15, 0.2) is 0 Å². The van der Waals surface area contributed by atoms with E-state index in [2.05, 4.69) is 21.6 Å². The highest BCUT2D eigenvalue weighted by molar-refractivity contribution is 7.51. The Labute approximate surface area is 170 Å². The predicted octanol–water partition coefficient (Wildman–Crippen LogP) is 4.47. The summed E-state index contributed by atoms with van der Waals surface area (Å²) in [4.78, 5) is 18.7. The number of methoxy groups -OCH3 is 1. The number of nitrogens with zero attached hydrogens (tertiary/aromatic N) is 3.